The van der Waals surface area contributed by atoms with Crippen molar-refractivity contribution in [2.45, 2.75) is 44.2 Å². The van der Waals surface area contributed by atoms with Gasteiger partial charge in [-0.1, -0.05) is 0 Å². The molecule has 0 spiro atoms. The molecule has 2 heterocycles. The van der Waals surface area contributed by atoms with Gasteiger partial charge in [0.1, 0.15) is 16.4 Å². The maximum atomic E-state index is 12.4. The summed E-state index contributed by atoms with van der Waals surface area (Å²) in [6, 6.07) is 1.48. The van der Waals surface area contributed by atoms with Crippen LogP contribution >= 0.6 is 0 Å². The van der Waals surface area contributed by atoms with E-state index < -0.39 is 10.0 Å². The molecule has 1 aromatic heterocycles. The summed E-state index contributed by atoms with van der Waals surface area (Å²) in [4.78, 5) is 2.53. The van der Waals surface area contributed by atoms with E-state index in [2.05, 4.69) is 14.9 Å². The van der Waals surface area contributed by atoms with Crippen molar-refractivity contribution in [2.24, 2.45) is 0 Å². The predicted octanol–water partition coefficient (Wildman–Crippen LogP) is 1.07. The number of furan rings is 1. The molecule has 0 saturated carbocycles. The smallest absolute Gasteiger partial charge is 0.244 e. The minimum absolute atomic E-state index is 0.116. The van der Waals surface area contributed by atoms with Gasteiger partial charge >= 0.3 is 0 Å². The Labute approximate surface area is 126 Å². The molecule has 1 saturated heterocycles. The third kappa shape index (κ3) is 4.29. The second-order valence-electron chi connectivity index (χ2n) is 5.69. The lowest BCUT2D eigenvalue weighted by Gasteiger charge is -2.20. The van der Waals surface area contributed by atoms with Crippen molar-refractivity contribution in [3.8, 4) is 0 Å². The van der Waals surface area contributed by atoms with Crippen molar-refractivity contribution in [2.75, 3.05) is 26.7 Å². The van der Waals surface area contributed by atoms with Gasteiger partial charge in [0.2, 0.25) is 10.0 Å². The summed E-state index contributed by atoms with van der Waals surface area (Å²) < 4.78 is 33.1. The molecule has 2 N–H and O–H groups in total. The first-order valence-corrected chi connectivity index (χ1v) is 8.89. The van der Waals surface area contributed by atoms with Gasteiger partial charge in [-0.2, -0.15) is 0 Å². The van der Waals surface area contributed by atoms with E-state index in [1.54, 1.807) is 20.0 Å². The van der Waals surface area contributed by atoms with Crippen molar-refractivity contribution in [3.63, 3.8) is 0 Å². The molecule has 0 bridgehead atoms. The maximum Gasteiger partial charge on any atom is 0.244 e. The molecule has 0 amide bonds. The standard InChI is InChI=1S/C14H25N3O3S/c1-11(10-17-6-4-5-7-17)16-21(18,19)14-8-13(9-15-3)20-12(14)2/h8,11,15-16H,4-7,9-10H2,1-3H3. The summed E-state index contributed by atoms with van der Waals surface area (Å²) in [7, 11) is -1.73. The monoisotopic (exact) mass is 315 g/mol. The van der Waals surface area contributed by atoms with Gasteiger partial charge in [0.25, 0.3) is 0 Å². The summed E-state index contributed by atoms with van der Waals surface area (Å²) in [5.74, 6) is 1.06. The predicted molar refractivity (Wildman–Crippen MR) is 81.7 cm³/mol. The quantitative estimate of drug-likeness (QED) is 0.787. The van der Waals surface area contributed by atoms with E-state index in [0.717, 1.165) is 19.6 Å². The minimum Gasteiger partial charge on any atom is -0.464 e. The molecular weight excluding hydrogens is 290 g/mol. The van der Waals surface area contributed by atoms with Crippen LogP contribution in [0.4, 0.5) is 0 Å². The number of sulfonamides is 1. The van der Waals surface area contributed by atoms with Gasteiger partial charge in [-0.3, -0.25) is 0 Å². The number of nitrogens with one attached hydrogen (secondary N) is 2. The number of hydrogen-bond donors (Lipinski definition) is 2. The molecule has 1 aromatic rings. The van der Waals surface area contributed by atoms with Gasteiger partial charge in [0.15, 0.2) is 0 Å². The largest absolute Gasteiger partial charge is 0.464 e. The van der Waals surface area contributed by atoms with Crippen LogP contribution in [0, 0.1) is 6.92 Å². The second-order valence-corrected chi connectivity index (χ2v) is 7.38. The summed E-state index contributed by atoms with van der Waals surface area (Å²) in [6.45, 7) is 6.96. The van der Waals surface area contributed by atoms with Crippen LogP contribution in [0.25, 0.3) is 0 Å². The molecule has 1 fully saturated rings. The number of rotatable bonds is 7. The molecule has 21 heavy (non-hydrogen) atoms. The first-order valence-electron chi connectivity index (χ1n) is 7.41. The Balaban J connectivity index is 2.03. The second kappa shape index (κ2) is 6.91. The van der Waals surface area contributed by atoms with Crippen molar-refractivity contribution in [3.05, 3.63) is 17.6 Å². The molecule has 1 aliphatic rings. The SMILES string of the molecule is CNCc1cc(S(=O)(=O)NC(C)CN2CCCC2)c(C)o1. The van der Waals surface area contributed by atoms with E-state index in [1.165, 1.54) is 12.8 Å². The van der Waals surface area contributed by atoms with Gasteiger partial charge in [-0.25, -0.2) is 13.1 Å². The zero-order chi connectivity index (χ0) is 15.5. The normalized spacial score (nSPS) is 18.2. The lowest BCUT2D eigenvalue weighted by molar-refractivity contribution is 0.312. The van der Waals surface area contributed by atoms with E-state index in [4.69, 9.17) is 4.42 Å². The summed E-state index contributed by atoms with van der Waals surface area (Å²) in [6.07, 6.45) is 2.40. The van der Waals surface area contributed by atoms with Gasteiger partial charge in [0.05, 0.1) is 6.54 Å². The fourth-order valence-electron chi connectivity index (χ4n) is 2.77. The van der Waals surface area contributed by atoms with Crippen LogP contribution in [-0.4, -0.2) is 46.0 Å². The van der Waals surface area contributed by atoms with Gasteiger partial charge < -0.3 is 14.6 Å². The van der Waals surface area contributed by atoms with Crippen molar-refractivity contribution >= 4 is 10.0 Å². The molecule has 7 heteroatoms. The first kappa shape index (κ1) is 16.5. The van der Waals surface area contributed by atoms with E-state index in [1.807, 2.05) is 6.92 Å². The van der Waals surface area contributed by atoms with Crippen molar-refractivity contribution in [1.29, 1.82) is 0 Å². The minimum atomic E-state index is -3.53. The number of likely N-dealkylation sites (tertiary alicyclic amines) is 1. The fraction of sp³-hybridized carbons (Fsp3) is 0.714. The molecule has 120 valence electrons. The first-order chi connectivity index (χ1) is 9.92. The van der Waals surface area contributed by atoms with Crippen LogP contribution in [-0.2, 0) is 16.6 Å². The molecular formula is C14H25N3O3S. The van der Waals surface area contributed by atoms with Gasteiger partial charge in [-0.15, -0.1) is 0 Å². The summed E-state index contributed by atoms with van der Waals surface area (Å²) in [5.41, 5.74) is 0. The highest BCUT2D eigenvalue weighted by molar-refractivity contribution is 7.89. The number of aryl methyl sites for hydroxylation is 1. The van der Waals surface area contributed by atoms with Crippen LogP contribution < -0.4 is 10.0 Å². The summed E-state index contributed by atoms with van der Waals surface area (Å²) in [5, 5.41) is 2.95. The Morgan fingerprint density at radius 2 is 2.05 bits per heavy atom. The molecule has 2 rings (SSSR count). The molecule has 1 unspecified atom stereocenters. The topological polar surface area (TPSA) is 74.6 Å². The van der Waals surface area contributed by atoms with Crippen LogP contribution in [0.3, 0.4) is 0 Å². The Kier molecular flexibility index (Phi) is 5.43. The Bertz CT molecular complexity index is 562. The van der Waals surface area contributed by atoms with Crippen molar-refractivity contribution < 1.29 is 12.8 Å². The Hall–Kier alpha value is -0.890. The Morgan fingerprint density at radius 1 is 1.38 bits per heavy atom. The van der Waals surface area contributed by atoms with E-state index in [9.17, 15) is 8.42 Å². The zero-order valence-corrected chi connectivity index (χ0v) is 13.8. The molecule has 6 nitrogen and oxygen atoms in total. The lowest BCUT2D eigenvalue weighted by Crippen LogP contribution is -2.41. The molecule has 1 atom stereocenters. The van der Waals surface area contributed by atoms with Crippen LogP contribution in [0.15, 0.2) is 15.4 Å². The van der Waals surface area contributed by atoms with Gasteiger partial charge in [0, 0.05) is 18.7 Å². The highest BCUT2D eigenvalue weighted by Crippen LogP contribution is 2.20. The lowest BCUT2D eigenvalue weighted by atomic mass is 10.3. The van der Waals surface area contributed by atoms with E-state index in [0.29, 0.717) is 18.1 Å². The highest BCUT2D eigenvalue weighted by atomic mass is 32.2. The van der Waals surface area contributed by atoms with Crippen LogP contribution in [0.1, 0.15) is 31.3 Å². The van der Waals surface area contributed by atoms with E-state index in [-0.39, 0.29) is 10.9 Å². The van der Waals surface area contributed by atoms with Gasteiger partial charge in [-0.05, 0) is 46.8 Å². The summed E-state index contributed by atoms with van der Waals surface area (Å²) >= 11 is 0. The average molecular weight is 315 g/mol. The van der Waals surface area contributed by atoms with E-state index >= 15 is 0 Å². The third-order valence-corrected chi connectivity index (χ3v) is 5.35. The molecule has 0 aliphatic carbocycles. The molecule has 1 aliphatic heterocycles. The zero-order valence-electron chi connectivity index (χ0n) is 13.0. The van der Waals surface area contributed by atoms with Crippen LogP contribution in [0.2, 0.25) is 0 Å². The van der Waals surface area contributed by atoms with Crippen molar-refractivity contribution in [1.82, 2.24) is 14.9 Å². The highest BCUT2D eigenvalue weighted by Gasteiger charge is 2.24. The Morgan fingerprint density at radius 3 is 2.67 bits per heavy atom. The number of nitrogens with zero attached hydrogens (tertiary/aromatic N) is 1. The maximum absolute atomic E-state index is 12.4. The number of hydrogen-bond acceptors (Lipinski definition) is 5. The molecule has 0 radical (unpaired) electrons. The fourth-order valence-corrected chi connectivity index (χ4v) is 4.21. The van der Waals surface area contributed by atoms with Crippen LogP contribution in [0.5, 0.6) is 0 Å². The molecule has 0 aromatic carbocycles. The average Bonchev–Trinajstić information content (AvgIpc) is 2.99. The third-order valence-electron chi connectivity index (χ3n) is 3.65.